The third kappa shape index (κ3) is 4.65. The van der Waals surface area contributed by atoms with Crippen LogP contribution >= 0.6 is 0 Å². The first kappa shape index (κ1) is 14.3. The quantitative estimate of drug-likeness (QED) is 0.832. The second-order valence-corrected chi connectivity index (χ2v) is 3.97. The normalized spacial score (nSPS) is 11.4. The molecule has 0 N–H and O–H groups in total. The van der Waals surface area contributed by atoms with Gasteiger partial charge in [-0.3, -0.25) is 4.90 Å². The van der Waals surface area contributed by atoms with Gasteiger partial charge in [0.15, 0.2) is 0 Å². The van der Waals surface area contributed by atoms with Crippen molar-refractivity contribution in [2.24, 2.45) is 0 Å². The molecule has 100 valence electrons. The molecule has 18 heavy (non-hydrogen) atoms. The molecule has 6 heteroatoms. The number of halogens is 3. The fourth-order valence-corrected chi connectivity index (χ4v) is 1.31. The van der Waals surface area contributed by atoms with Crippen molar-refractivity contribution in [2.75, 3.05) is 11.4 Å². The summed E-state index contributed by atoms with van der Waals surface area (Å²) in [6.07, 6.45) is -5.96. The summed E-state index contributed by atoms with van der Waals surface area (Å²) < 4.78 is 42.1. The SMILES string of the molecule is CC(C)OC(=O)N(CC(F)(F)F)c1ccccc1. The molecule has 0 saturated carbocycles. The molecular formula is C12H14F3NO2. The monoisotopic (exact) mass is 261 g/mol. The zero-order chi connectivity index (χ0) is 13.8. The van der Waals surface area contributed by atoms with Crippen LogP contribution in [0.4, 0.5) is 23.7 Å². The molecule has 1 aromatic rings. The van der Waals surface area contributed by atoms with E-state index in [0.29, 0.717) is 4.90 Å². The first-order valence-corrected chi connectivity index (χ1v) is 5.39. The summed E-state index contributed by atoms with van der Waals surface area (Å²) in [6.45, 7) is 1.78. The van der Waals surface area contributed by atoms with E-state index in [1.165, 1.54) is 12.1 Å². The zero-order valence-electron chi connectivity index (χ0n) is 10.1. The Labute approximate surface area is 103 Å². The van der Waals surface area contributed by atoms with Crippen molar-refractivity contribution in [1.29, 1.82) is 0 Å². The molecule has 0 unspecified atom stereocenters. The molecular weight excluding hydrogens is 247 g/mol. The molecule has 0 aromatic heterocycles. The van der Waals surface area contributed by atoms with Gasteiger partial charge >= 0.3 is 12.3 Å². The molecule has 0 aliphatic heterocycles. The fourth-order valence-electron chi connectivity index (χ4n) is 1.31. The Morgan fingerprint density at radius 3 is 2.28 bits per heavy atom. The minimum absolute atomic E-state index is 0.153. The number of amides is 1. The van der Waals surface area contributed by atoms with Crippen molar-refractivity contribution < 1.29 is 22.7 Å². The van der Waals surface area contributed by atoms with Crippen LogP contribution < -0.4 is 4.90 Å². The summed E-state index contributed by atoms with van der Waals surface area (Å²) >= 11 is 0. The van der Waals surface area contributed by atoms with Gasteiger partial charge in [-0.25, -0.2) is 4.79 Å². The van der Waals surface area contributed by atoms with E-state index >= 15 is 0 Å². The van der Waals surface area contributed by atoms with Gasteiger partial charge < -0.3 is 4.74 Å². The fraction of sp³-hybridized carbons (Fsp3) is 0.417. The van der Waals surface area contributed by atoms with Crippen molar-refractivity contribution in [3.8, 4) is 0 Å². The number of ether oxygens (including phenoxy) is 1. The molecule has 0 aliphatic rings. The predicted molar refractivity (Wildman–Crippen MR) is 61.5 cm³/mol. The van der Waals surface area contributed by atoms with Crippen molar-refractivity contribution in [3.63, 3.8) is 0 Å². The number of hydrogen-bond donors (Lipinski definition) is 0. The minimum atomic E-state index is -4.48. The lowest BCUT2D eigenvalue weighted by molar-refractivity contribution is -0.119. The second kappa shape index (κ2) is 5.75. The summed E-state index contributed by atoms with van der Waals surface area (Å²) in [5.74, 6) is 0. The van der Waals surface area contributed by atoms with Gasteiger partial charge in [0.25, 0.3) is 0 Å². The van der Waals surface area contributed by atoms with Crippen molar-refractivity contribution >= 4 is 11.8 Å². The molecule has 1 amide bonds. The number of nitrogens with zero attached hydrogens (tertiary/aromatic N) is 1. The Hall–Kier alpha value is -1.72. The summed E-state index contributed by atoms with van der Waals surface area (Å²) in [4.78, 5) is 12.2. The maximum absolute atomic E-state index is 12.4. The predicted octanol–water partition coefficient (Wildman–Crippen LogP) is 3.60. The van der Waals surface area contributed by atoms with Crippen molar-refractivity contribution in [3.05, 3.63) is 30.3 Å². The maximum atomic E-state index is 12.4. The molecule has 3 nitrogen and oxygen atoms in total. The van der Waals surface area contributed by atoms with Gasteiger partial charge in [0, 0.05) is 5.69 Å². The molecule has 0 radical (unpaired) electrons. The average Bonchev–Trinajstić information content (AvgIpc) is 2.25. The zero-order valence-corrected chi connectivity index (χ0v) is 10.1. The lowest BCUT2D eigenvalue weighted by atomic mass is 10.3. The van der Waals surface area contributed by atoms with E-state index in [2.05, 4.69) is 0 Å². The first-order chi connectivity index (χ1) is 8.29. The molecule has 0 atom stereocenters. The highest BCUT2D eigenvalue weighted by Gasteiger charge is 2.34. The van der Waals surface area contributed by atoms with E-state index in [9.17, 15) is 18.0 Å². The highest BCUT2D eigenvalue weighted by molar-refractivity contribution is 5.87. The van der Waals surface area contributed by atoms with Crippen LogP contribution in [0.25, 0.3) is 0 Å². The van der Waals surface area contributed by atoms with Crippen LogP contribution in [0.2, 0.25) is 0 Å². The summed E-state index contributed by atoms with van der Waals surface area (Å²) in [5, 5.41) is 0. The average molecular weight is 261 g/mol. The Bertz CT molecular complexity index is 390. The van der Waals surface area contributed by atoms with Gasteiger partial charge in [-0.1, -0.05) is 18.2 Å². The number of carbonyl (C=O) groups excluding carboxylic acids is 1. The Balaban J connectivity index is 2.92. The van der Waals surface area contributed by atoms with Crippen LogP contribution in [0.1, 0.15) is 13.8 Å². The number of hydrogen-bond acceptors (Lipinski definition) is 2. The van der Waals surface area contributed by atoms with Crippen LogP contribution in [0.15, 0.2) is 30.3 Å². The lowest BCUT2D eigenvalue weighted by Crippen LogP contribution is -2.40. The first-order valence-electron chi connectivity index (χ1n) is 5.39. The number of carbonyl (C=O) groups is 1. The third-order valence-electron chi connectivity index (χ3n) is 1.96. The summed E-state index contributed by atoms with van der Waals surface area (Å²) in [7, 11) is 0. The van der Waals surface area contributed by atoms with E-state index < -0.39 is 24.9 Å². The van der Waals surface area contributed by atoms with Gasteiger partial charge in [0.05, 0.1) is 6.10 Å². The van der Waals surface area contributed by atoms with Gasteiger partial charge in [0.1, 0.15) is 6.54 Å². The second-order valence-electron chi connectivity index (χ2n) is 3.97. The van der Waals surface area contributed by atoms with Crippen molar-refractivity contribution in [1.82, 2.24) is 0 Å². The molecule has 0 heterocycles. The minimum Gasteiger partial charge on any atom is -0.446 e. The molecule has 0 saturated heterocycles. The van der Waals surface area contributed by atoms with Gasteiger partial charge in [-0.05, 0) is 26.0 Å². The Morgan fingerprint density at radius 2 is 1.83 bits per heavy atom. The number of anilines is 1. The Morgan fingerprint density at radius 1 is 1.28 bits per heavy atom. The van der Waals surface area contributed by atoms with E-state index in [-0.39, 0.29) is 5.69 Å². The lowest BCUT2D eigenvalue weighted by Gasteiger charge is -2.24. The van der Waals surface area contributed by atoms with E-state index in [0.717, 1.165) is 0 Å². The molecule has 0 spiro atoms. The van der Waals surface area contributed by atoms with Crippen LogP contribution in [-0.4, -0.2) is 24.9 Å². The molecule has 1 aromatic carbocycles. The molecule has 0 bridgehead atoms. The summed E-state index contributed by atoms with van der Waals surface area (Å²) in [5.41, 5.74) is 0.153. The largest absolute Gasteiger partial charge is 0.446 e. The van der Waals surface area contributed by atoms with E-state index in [4.69, 9.17) is 4.74 Å². The van der Waals surface area contributed by atoms with Crippen LogP contribution in [0.3, 0.4) is 0 Å². The van der Waals surface area contributed by atoms with Crippen molar-refractivity contribution in [2.45, 2.75) is 26.1 Å². The van der Waals surface area contributed by atoms with E-state index in [1.807, 2.05) is 0 Å². The summed E-state index contributed by atoms with van der Waals surface area (Å²) in [6, 6.07) is 7.62. The molecule has 0 aliphatic carbocycles. The number of alkyl halides is 3. The van der Waals surface area contributed by atoms with Crippen LogP contribution in [0, 0.1) is 0 Å². The molecule has 1 rings (SSSR count). The van der Waals surface area contributed by atoms with Crippen LogP contribution in [0.5, 0.6) is 0 Å². The highest BCUT2D eigenvalue weighted by atomic mass is 19.4. The number of para-hydroxylation sites is 1. The number of rotatable bonds is 3. The van der Waals surface area contributed by atoms with Gasteiger partial charge in [-0.2, -0.15) is 13.2 Å². The smallest absolute Gasteiger partial charge is 0.414 e. The third-order valence-corrected chi connectivity index (χ3v) is 1.96. The highest BCUT2D eigenvalue weighted by Crippen LogP contribution is 2.22. The van der Waals surface area contributed by atoms with Crippen LogP contribution in [-0.2, 0) is 4.74 Å². The number of benzene rings is 1. The maximum Gasteiger partial charge on any atom is 0.414 e. The Kier molecular flexibility index (Phi) is 4.58. The van der Waals surface area contributed by atoms with E-state index in [1.54, 1.807) is 32.0 Å². The van der Waals surface area contributed by atoms with Gasteiger partial charge in [-0.15, -0.1) is 0 Å². The topological polar surface area (TPSA) is 29.5 Å². The molecule has 0 fully saturated rings. The van der Waals surface area contributed by atoms with Gasteiger partial charge in [0.2, 0.25) is 0 Å². The standard InChI is InChI=1S/C12H14F3NO2/c1-9(2)18-11(17)16(8-12(13,14)15)10-6-4-3-5-7-10/h3-7,9H,8H2,1-2H3.